The molecule has 1 aromatic heterocycles. The number of fused-ring (bicyclic) bond motifs is 1. The molecule has 0 unspecified atom stereocenters. The Morgan fingerprint density at radius 1 is 1.07 bits per heavy atom. The zero-order valence-corrected chi connectivity index (χ0v) is 17.7. The van der Waals surface area contributed by atoms with Crippen LogP contribution in [0.2, 0.25) is 0 Å². The quantitative estimate of drug-likeness (QED) is 0.624. The third kappa shape index (κ3) is 3.97. The Hall–Kier alpha value is -2.71. The number of nitrogens with zero attached hydrogens (tertiary/aromatic N) is 2. The summed E-state index contributed by atoms with van der Waals surface area (Å²) in [5.41, 5.74) is 0.417. The molecule has 30 heavy (non-hydrogen) atoms. The largest absolute Gasteiger partial charge is 0.492 e. The van der Waals surface area contributed by atoms with Crippen LogP contribution in [0.1, 0.15) is 44.3 Å². The molecule has 1 saturated carbocycles. The molecule has 0 saturated heterocycles. The van der Waals surface area contributed by atoms with Gasteiger partial charge in [0, 0.05) is 5.39 Å². The summed E-state index contributed by atoms with van der Waals surface area (Å²) < 4.78 is 35.6. The van der Waals surface area contributed by atoms with Crippen LogP contribution in [-0.4, -0.2) is 24.8 Å². The van der Waals surface area contributed by atoms with Crippen LogP contribution in [0.3, 0.4) is 0 Å². The van der Waals surface area contributed by atoms with Gasteiger partial charge in [-0.05, 0) is 38.0 Å². The van der Waals surface area contributed by atoms with Crippen LogP contribution in [0.4, 0.5) is 0 Å². The van der Waals surface area contributed by atoms with Gasteiger partial charge in [0.25, 0.3) is 5.56 Å². The Balaban J connectivity index is 1.70. The summed E-state index contributed by atoms with van der Waals surface area (Å²) in [4.78, 5) is 13.0. The standard InChI is InChI=1S/C22H25N3O4S/c1-2-29-20-13-7-8-14-21(20)30(27,28)23-15-19-17-11-5-6-12-18(17)22(26)25(24-19)16-9-3-4-10-16/h5-8,11-14,16,23H,2-4,9-10,15H2,1H3. The van der Waals surface area contributed by atoms with Crippen molar-refractivity contribution in [2.24, 2.45) is 0 Å². The van der Waals surface area contributed by atoms with Gasteiger partial charge in [0.05, 0.1) is 30.3 Å². The summed E-state index contributed by atoms with van der Waals surface area (Å²) >= 11 is 0. The van der Waals surface area contributed by atoms with Crippen molar-refractivity contribution < 1.29 is 13.2 Å². The number of para-hydroxylation sites is 1. The Morgan fingerprint density at radius 2 is 1.73 bits per heavy atom. The highest BCUT2D eigenvalue weighted by molar-refractivity contribution is 7.89. The molecule has 0 radical (unpaired) electrons. The van der Waals surface area contributed by atoms with Crippen LogP contribution in [0.15, 0.2) is 58.2 Å². The number of ether oxygens (including phenoxy) is 1. The molecule has 1 aliphatic carbocycles. The number of hydrogen-bond acceptors (Lipinski definition) is 5. The molecule has 0 bridgehead atoms. The van der Waals surface area contributed by atoms with Gasteiger partial charge in [0.2, 0.25) is 10.0 Å². The monoisotopic (exact) mass is 427 g/mol. The lowest BCUT2D eigenvalue weighted by atomic mass is 10.1. The Bertz CT molecular complexity index is 1210. The predicted molar refractivity (Wildman–Crippen MR) is 115 cm³/mol. The second-order valence-corrected chi connectivity index (χ2v) is 9.12. The number of nitrogens with one attached hydrogen (secondary N) is 1. The zero-order chi connectivity index (χ0) is 21.1. The lowest BCUT2D eigenvalue weighted by Gasteiger charge is -2.16. The molecular formula is C22H25N3O4S. The van der Waals surface area contributed by atoms with E-state index < -0.39 is 10.0 Å². The van der Waals surface area contributed by atoms with Crippen molar-refractivity contribution in [3.8, 4) is 5.75 Å². The molecule has 1 fully saturated rings. The first-order chi connectivity index (χ1) is 14.5. The Kier molecular flexibility index (Phi) is 5.87. The first kappa shape index (κ1) is 20.6. The van der Waals surface area contributed by atoms with Gasteiger partial charge in [-0.25, -0.2) is 17.8 Å². The molecule has 0 spiro atoms. The van der Waals surface area contributed by atoms with Crippen LogP contribution in [0.5, 0.6) is 5.75 Å². The van der Waals surface area contributed by atoms with Gasteiger partial charge < -0.3 is 4.74 Å². The van der Waals surface area contributed by atoms with Crippen LogP contribution in [0, 0.1) is 0 Å². The van der Waals surface area contributed by atoms with Crippen LogP contribution >= 0.6 is 0 Å². The van der Waals surface area contributed by atoms with Crippen molar-refractivity contribution in [2.75, 3.05) is 6.61 Å². The zero-order valence-electron chi connectivity index (χ0n) is 16.9. The molecule has 3 aromatic rings. The maximum atomic E-state index is 13.0. The normalized spacial score (nSPS) is 15.0. The van der Waals surface area contributed by atoms with Gasteiger partial charge in [-0.15, -0.1) is 0 Å². The van der Waals surface area contributed by atoms with Crippen molar-refractivity contribution in [2.45, 2.75) is 50.1 Å². The summed E-state index contributed by atoms with van der Waals surface area (Å²) in [5.74, 6) is 0.307. The minimum Gasteiger partial charge on any atom is -0.492 e. The Labute approximate surface area is 175 Å². The number of rotatable bonds is 7. The Morgan fingerprint density at radius 3 is 2.47 bits per heavy atom. The highest BCUT2D eigenvalue weighted by atomic mass is 32.2. The number of aromatic nitrogens is 2. The third-order valence-corrected chi connectivity index (χ3v) is 6.88. The van der Waals surface area contributed by atoms with Crippen LogP contribution in [-0.2, 0) is 16.6 Å². The molecule has 7 nitrogen and oxygen atoms in total. The van der Waals surface area contributed by atoms with Crippen molar-refractivity contribution in [1.29, 1.82) is 0 Å². The molecular weight excluding hydrogens is 402 g/mol. The van der Waals surface area contributed by atoms with E-state index in [1.54, 1.807) is 41.9 Å². The fourth-order valence-electron chi connectivity index (χ4n) is 3.99. The van der Waals surface area contributed by atoms with E-state index in [-0.39, 0.29) is 23.0 Å². The molecule has 0 atom stereocenters. The molecule has 0 amide bonds. The van der Waals surface area contributed by atoms with E-state index in [1.165, 1.54) is 6.07 Å². The highest BCUT2D eigenvalue weighted by Crippen LogP contribution is 2.29. The number of hydrogen-bond donors (Lipinski definition) is 1. The van der Waals surface area contributed by atoms with Gasteiger partial charge in [-0.2, -0.15) is 5.10 Å². The maximum absolute atomic E-state index is 13.0. The van der Waals surface area contributed by atoms with Crippen molar-refractivity contribution in [3.05, 3.63) is 64.6 Å². The number of sulfonamides is 1. The van der Waals surface area contributed by atoms with Gasteiger partial charge in [-0.1, -0.05) is 43.2 Å². The molecule has 4 rings (SSSR count). The first-order valence-electron chi connectivity index (χ1n) is 10.2. The summed E-state index contributed by atoms with van der Waals surface area (Å²) in [6, 6.07) is 13.8. The van der Waals surface area contributed by atoms with Crippen molar-refractivity contribution >= 4 is 20.8 Å². The third-order valence-electron chi connectivity index (χ3n) is 5.44. The topological polar surface area (TPSA) is 90.3 Å². The van der Waals surface area contributed by atoms with E-state index >= 15 is 0 Å². The van der Waals surface area contributed by atoms with Crippen molar-refractivity contribution in [3.63, 3.8) is 0 Å². The van der Waals surface area contributed by atoms with Crippen LogP contribution < -0.4 is 15.0 Å². The minimum atomic E-state index is -3.82. The van der Waals surface area contributed by atoms with Gasteiger partial charge in [0.15, 0.2) is 0 Å². The number of benzene rings is 2. The van der Waals surface area contributed by atoms with E-state index in [0.29, 0.717) is 28.8 Å². The fraction of sp³-hybridized carbons (Fsp3) is 0.364. The SMILES string of the molecule is CCOc1ccccc1S(=O)(=O)NCc1nn(C2CCCC2)c(=O)c2ccccc12. The first-order valence-corrected chi connectivity index (χ1v) is 11.7. The van der Waals surface area contributed by atoms with Gasteiger partial charge >= 0.3 is 0 Å². The summed E-state index contributed by atoms with van der Waals surface area (Å²) in [7, 11) is -3.82. The molecule has 1 heterocycles. The molecule has 1 aliphatic rings. The smallest absolute Gasteiger partial charge is 0.274 e. The molecule has 8 heteroatoms. The lowest BCUT2D eigenvalue weighted by molar-refractivity contribution is 0.331. The van der Waals surface area contributed by atoms with E-state index in [0.717, 1.165) is 25.7 Å². The minimum absolute atomic E-state index is 0.0176. The average molecular weight is 428 g/mol. The fourth-order valence-corrected chi connectivity index (χ4v) is 5.12. The van der Waals surface area contributed by atoms with E-state index in [1.807, 2.05) is 12.1 Å². The summed E-state index contributed by atoms with van der Waals surface area (Å²) in [5, 5.41) is 5.81. The average Bonchev–Trinajstić information content (AvgIpc) is 3.29. The van der Waals surface area contributed by atoms with E-state index in [4.69, 9.17) is 4.74 Å². The van der Waals surface area contributed by atoms with Gasteiger partial charge in [-0.3, -0.25) is 4.79 Å². The molecule has 2 aromatic carbocycles. The summed E-state index contributed by atoms with van der Waals surface area (Å²) in [6.45, 7) is 2.15. The molecule has 1 N–H and O–H groups in total. The van der Waals surface area contributed by atoms with E-state index in [9.17, 15) is 13.2 Å². The van der Waals surface area contributed by atoms with Crippen molar-refractivity contribution in [1.82, 2.24) is 14.5 Å². The molecule has 0 aliphatic heterocycles. The summed E-state index contributed by atoms with van der Waals surface area (Å²) in [6.07, 6.45) is 3.97. The maximum Gasteiger partial charge on any atom is 0.274 e. The van der Waals surface area contributed by atoms with Gasteiger partial charge in [0.1, 0.15) is 10.6 Å². The second kappa shape index (κ2) is 8.57. The van der Waals surface area contributed by atoms with Crippen LogP contribution in [0.25, 0.3) is 10.8 Å². The molecule has 158 valence electrons. The van der Waals surface area contributed by atoms with E-state index in [2.05, 4.69) is 9.82 Å². The highest BCUT2D eigenvalue weighted by Gasteiger charge is 2.23. The lowest BCUT2D eigenvalue weighted by Crippen LogP contribution is -2.30. The predicted octanol–water partition coefficient (Wildman–Crippen LogP) is 3.39. The second-order valence-electron chi connectivity index (χ2n) is 7.38.